The molecule has 2 aromatic carbocycles. The quantitative estimate of drug-likeness (QED) is 0.698. The van der Waals surface area contributed by atoms with Gasteiger partial charge in [0.05, 0.1) is 18.5 Å². The molecule has 0 fully saturated rings. The van der Waals surface area contributed by atoms with Gasteiger partial charge in [-0.25, -0.2) is 4.98 Å². The van der Waals surface area contributed by atoms with Crippen LogP contribution < -0.4 is 10.1 Å². The number of pyridine rings is 1. The van der Waals surface area contributed by atoms with E-state index in [4.69, 9.17) is 9.72 Å². The molecular formula is C21H18N2O2. The molecule has 4 heteroatoms. The number of methoxy groups -OCH3 is 1. The number of anilines is 1. The number of carbonyl (C=O) groups excluding carboxylic acids is 1. The van der Waals surface area contributed by atoms with Crippen LogP contribution in [0.4, 0.5) is 5.69 Å². The largest absolute Gasteiger partial charge is 0.497 e. The minimum absolute atomic E-state index is 0.241. The van der Waals surface area contributed by atoms with Crippen molar-refractivity contribution in [3.05, 3.63) is 79.4 Å². The Hall–Kier alpha value is -3.40. The first-order valence-corrected chi connectivity index (χ1v) is 7.85. The topological polar surface area (TPSA) is 51.2 Å². The summed E-state index contributed by atoms with van der Waals surface area (Å²) < 4.78 is 5.28. The number of hydrogen-bond donors (Lipinski definition) is 1. The number of rotatable bonds is 5. The van der Waals surface area contributed by atoms with E-state index < -0.39 is 0 Å². The Labute approximate surface area is 146 Å². The molecule has 25 heavy (non-hydrogen) atoms. The lowest BCUT2D eigenvalue weighted by Gasteiger charge is -2.08. The fraction of sp³-hybridized carbons (Fsp3) is 0.0476. The van der Waals surface area contributed by atoms with Crippen molar-refractivity contribution in [3.63, 3.8) is 0 Å². The molecule has 0 aliphatic carbocycles. The Bertz CT molecular complexity index is 919. The molecule has 0 aliphatic heterocycles. The van der Waals surface area contributed by atoms with E-state index in [2.05, 4.69) is 11.9 Å². The summed E-state index contributed by atoms with van der Waals surface area (Å²) in [5.74, 6) is 0.550. The zero-order valence-corrected chi connectivity index (χ0v) is 13.9. The molecule has 3 rings (SSSR count). The second-order valence-corrected chi connectivity index (χ2v) is 5.41. The Morgan fingerprint density at radius 2 is 1.64 bits per heavy atom. The number of carbonyl (C=O) groups is 1. The highest BCUT2D eigenvalue weighted by molar-refractivity contribution is 5.99. The van der Waals surface area contributed by atoms with Crippen molar-refractivity contribution in [2.24, 2.45) is 0 Å². The van der Waals surface area contributed by atoms with Crippen LogP contribution in [0.2, 0.25) is 0 Å². The van der Waals surface area contributed by atoms with Crippen LogP contribution in [-0.2, 0) is 4.79 Å². The minimum atomic E-state index is -0.241. The van der Waals surface area contributed by atoms with Crippen LogP contribution >= 0.6 is 0 Å². The molecule has 0 aliphatic rings. The summed E-state index contributed by atoms with van der Waals surface area (Å²) in [6.07, 6.45) is 1.24. The SMILES string of the molecule is C=CC(=O)Nc1cccc(-c2cccc(-c3cccc(OC)c3)n2)c1. The van der Waals surface area contributed by atoms with Gasteiger partial charge < -0.3 is 10.1 Å². The minimum Gasteiger partial charge on any atom is -0.497 e. The van der Waals surface area contributed by atoms with Gasteiger partial charge in [0.2, 0.25) is 5.91 Å². The van der Waals surface area contributed by atoms with Crippen LogP contribution in [0.15, 0.2) is 79.4 Å². The summed E-state index contributed by atoms with van der Waals surface area (Å²) in [7, 11) is 1.64. The van der Waals surface area contributed by atoms with E-state index in [1.54, 1.807) is 7.11 Å². The predicted molar refractivity (Wildman–Crippen MR) is 100 cm³/mol. The first-order chi connectivity index (χ1) is 12.2. The van der Waals surface area contributed by atoms with Crippen molar-refractivity contribution in [1.82, 2.24) is 4.98 Å². The number of nitrogens with zero attached hydrogens (tertiary/aromatic N) is 1. The van der Waals surface area contributed by atoms with Gasteiger partial charge in [0.1, 0.15) is 5.75 Å². The Kier molecular flexibility index (Phi) is 4.90. The molecule has 0 radical (unpaired) electrons. The average molecular weight is 330 g/mol. The summed E-state index contributed by atoms with van der Waals surface area (Å²) >= 11 is 0. The van der Waals surface area contributed by atoms with E-state index in [9.17, 15) is 4.79 Å². The highest BCUT2D eigenvalue weighted by Gasteiger charge is 2.06. The van der Waals surface area contributed by atoms with Gasteiger partial charge in [-0.15, -0.1) is 0 Å². The standard InChI is InChI=1S/C21H18N2O2/c1-3-21(24)22-17-9-4-7-15(13-17)19-11-6-12-20(23-19)16-8-5-10-18(14-16)25-2/h3-14H,1H2,2H3,(H,22,24). The lowest BCUT2D eigenvalue weighted by Crippen LogP contribution is -2.07. The molecule has 124 valence electrons. The Morgan fingerprint density at radius 3 is 2.32 bits per heavy atom. The lowest BCUT2D eigenvalue weighted by molar-refractivity contribution is -0.111. The van der Waals surface area contributed by atoms with Crippen molar-refractivity contribution in [2.75, 3.05) is 12.4 Å². The maximum atomic E-state index is 11.5. The van der Waals surface area contributed by atoms with Crippen molar-refractivity contribution >= 4 is 11.6 Å². The number of nitrogens with one attached hydrogen (secondary N) is 1. The van der Waals surface area contributed by atoms with E-state index in [1.807, 2.05) is 66.7 Å². The van der Waals surface area contributed by atoms with E-state index >= 15 is 0 Å². The van der Waals surface area contributed by atoms with E-state index in [0.717, 1.165) is 28.3 Å². The van der Waals surface area contributed by atoms with E-state index in [0.29, 0.717) is 5.69 Å². The van der Waals surface area contributed by atoms with Crippen LogP contribution in [0, 0.1) is 0 Å². The summed E-state index contributed by atoms with van der Waals surface area (Å²) in [5, 5.41) is 2.76. The van der Waals surface area contributed by atoms with Crippen molar-refractivity contribution in [3.8, 4) is 28.3 Å². The summed E-state index contributed by atoms with van der Waals surface area (Å²) in [4.78, 5) is 16.2. The molecule has 0 spiro atoms. The molecule has 0 bridgehead atoms. The molecule has 0 saturated carbocycles. The number of aromatic nitrogens is 1. The summed E-state index contributed by atoms with van der Waals surface area (Å²) in [5.41, 5.74) is 4.30. The van der Waals surface area contributed by atoms with Gasteiger partial charge in [0.15, 0.2) is 0 Å². The average Bonchev–Trinajstić information content (AvgIpc) is 2.68. The van der Waals surface area contributed by atoms with Crippen molar-refractivity contribution < 1.29 is 9.53 Å². The first-order valence-electron chi connectivity index (χ1n) is 7.85. The second-order valence-electron chi connectivity index (χ2n) is 5.41. The molecular weight excluding hydrogens is 312 g/mol. The summed E-state index contributed by atoms with van der Waals surface area (Å²) in [6.45, 7) is 3.46. The van der Waals surface area contributed by atoms with Crippen LogP contribution in [-0.4, -0.2) is 18.0 Å². The molecule has 3 aromatic rings. The number of hydrogen-bond acceptors (Lipinski definition) is 3. The highest BCUT2D eigenvalue weighted by atomic mass is 16.5. The summed E-state index contributed by atoms with van der Waals surface area (Å²) in [6, 6.07) is 21.2. The number of amides is 1. The molecule has 4 nitrogen and oxygen atoms in total. The second kappa shape index (κ2) is 7.45. The van der Waals surface area contributed by atoms with Crippen LogP contribution in [0.1, 0.15) is 0 Å². The van der Waals surface area contributed by atoms with Crippen LogP contribution in [0.25, 0.3) is 22.5 Å². The fourth-order valence-corrected chi connectivity index (χ4v) is 2.49. The monoisotopic (exact) mass is 330 g/mol. The molecule has 1 N–H and O–H groups in total. The zero-order valence-electron chi connectivity index (χ0n) is 13.9. The third-order valence-corrected chi connectivity index (χ3v) is 3.73. The zero-order chi connectivity index (χ0) is 17.6. The van der Waals surface area contributed by atoms with Gasteiger partial charge in [0, 0.05) is 16.8 Å². The Morgan fingerprint density at radius 1 is 1.00 bits per heavy atom. The molecule has 0 atom stereocenters. The van der Waals surface area contributed by atoms with Crippen molar-refractivity contribution in [2.45, 2.75) is 0 Å². The highest BCUT2D eigenvalue weighted by Crippen LogP contribution is 2.26. The van der Waals surface area contributed by atoms with Crippen molar-refractivity contribution in [1.29, 1.82) is 0 Å². The van der Waals surface area contributed by atoms with Gasteiger partial charge in [-0.3, -0.25) is 4.79 Å². The van der Waals surface area contributed by atoms with E-state index in [1.165, 1.54) is 6.08 Å². The molecule has 0 unspecified atom stereocenters. The van der Waals surface area contributed by atoms with Gasteiger partial charge in [-0.2, -0.15) is 0 Å². The molecule has 0 saturated heterocycles. The first kappa shape index (κ1) is 16.5. The number of ether oxygens (including phenoxy) is 1. The smallest absolute Gasteiger partial charge is 0.247 e. The third kappa shape index (κ3) is 3.93. The van der Waals surface area contributed by atoms with Gasteiger partial charge in [-0.1, -0.05) is 36.9 Å². The molecule has 1 amide bonds. The number of benzene rings is 2. The van der Waals surface area contributed by atoms with Gasteiger partial charge in [0.25, 0.3) is 0 Å². The third-order valence-electron chi connectivity index (χ3n) is 3.73. The Balaban J connectivity index is 1.95. The van der Waals surface area contributed by atoms with Crippen LogP contribution in [0.3, 0.4) is 0 Å². The predicted octanol–water partition coefficient (Wildman–Crippen LogP) is 4.55. The van der Waals surface area contributed by atoms with Crippen LogP contribution in [0.5, 0.6) is 5.75 Å². The normalized spacial score (nSPS) is 10.1. The maximum Gasteiger partial charge on any atom is 0.247 e. The van der Waals surface area contributed by atoms with E-state index in [-0.39, 0.29) is 5.91 Å². The van der Waals surface area contributed by atoms with Gasteiger partial charge >= 0.3 is 0 Å². The van der Waals surface area contributed by atoms with Gasteiger partial charge in [-0.05, 0) is 42.5 Å². The fourth-order valence-electron chi connectivity index (χ4n) is 2.49. The molecule has 1 aromatic heterocycles. The lowest BCUT2D eigenvalue weighted by atomic mass is 10.1. The molecule has 1 heterocycles. The maximum absolute atomic E-state index is 11.5.